The maximum atomic E-state index is 12.4. The maximum absolute atomic E-state index is 12.4. The molecule has 2 amide bonds. The minimum atomic E-state index is -1.24. The molecule has 1 aromatic heterocycles. The van der Waals surface area contributed by atoms with Crippen LogP contribution in [0.2, 0.25) is 0 Å². The van der Waals surface area contributed by atoms with Gasteiger partial charge in [0.1, 0.15) is 11.9 Å². The van der Waals surface area contributed by atoms with E-state index in [0.717, 1.165) is 0 Å². The second kappa shape index (κ2) is 5.32. The van der Waals surface area contributed by atoms with Gasteiger partial charge in [0.05, 0.1) is 6.54 Å². The second-order valence-corrected chi connectivity index (χ2v) is 5.29. The van der Waals surface area contributed by atoms with E-state index in [4.69, 9.17) is 4.74 Å². The third kappa shape index (κ3) is 2.56. The first kappa shape index (κ1) is 13.8. The molecule has 0 atom stereocenters. The number of carboxylic acid groups (broad SMARTS) is 1. The Labute approximate surface area is 120 Å². The highest BCUT2D eigenvalue weighted by Gasteiger charge is 2.42. The topological polar surface area (TPSA) is 110 Å². The van der Waals surface area contributed by atoms with Crippen molar-refractivity contribution >= 4 is 12.0 Å². The lowest BCUT2D eigenvalue weighted by Crippen LogP contribution is -2.60. The number of aliphatic carboxylic acids is 1. The third-order valence-corrected chi connectivity index (χ3v) is 4.03. The van der Waals surface area contributed by atoms with Crippen molar-refractivity contribution in [3.63, 3.8) is 0 Å². The number of rotatable bonds is 2. The lowest BCUT2D eigenvalue weighted by Gasteiger charge is -2.36. The lowest BCUT2D eigenvalue weighted by molar-refractivity contribution is -0.148. The number of carboxylic acids is 1. The van der Waals surface area contributed by atoms with Crippen molar-refractivity contribution in [2.45, 2.75) is 31.5 Å². The molecule has 0 saturated carbocycles. The fourth-order valence-corrected chi connectivity index (χ4v) is 2.64. The highest BCUT2D eigenvalue weighted by Crippen LogP contribution is 2.22. The van der Waals surface area contributed by atoms with Crippen LogP contribution in [0, 0.1) is 0 Å². The number of ether oxygens (including phenoxy) is 1. The van der Waals surface area contributed by atoms with Crippen molar-refractivity contribution in [3.8, 4) is 0 Å². The van der Waals surface area contributed by atoms with Crippen LogP contribution in [0.4, 0.5) is 4.79 Å². The predicted octanol–water partition coefficient (Wildman–Crippen LogP) is -0.563. The molecule has 1 aromatic rings. The van der Waals surface area contributed by atoms with E-state index in [1.54, 1.807) is 11.2 Å². The van der Waals surface area contributed by atoms with Gasteiger partial charge in [0, 0.05) is 39.1 Å². The molecule has 0 aromatic carbocycles. The summed E-state index contributed by atoms with van der Waals surface area (Å²) in [6, 6.07) is -0.381. The van der Waals surface area contributed by atoms with Gasteiger partial charge in [-0.25, -0.2) is 9.59 Å². The van der Waals surface area contributed by atoms with Crippen LogP contribution in [-0.2, 0) is 22.6 Å². The Bertz CT molecular complexity index is 552. The molecule has 0 unspecified atom stereocenters. The molecule has 0 radical (unpaired) electrons. The van der Waals surface area contributed by atoms with E-state index in [0.29, 0.717) is 38.7 Å². The number of amides is 2. The van der Waals surface area contributed by atoms with E-state index in [-0.39, 0.29) is 18.9 Å². The van der Waals surface area contributed by atoms with E-state index < -0.39 is 11.5 Å². The van der Waals surface area contributed by atoms with Crippen LogP contribution in [0.3, 0.4) is 0 Å². The summed E-state index contributed by atoms with van der Waals surface area (Å²) in [4.78, 5) is 25.5. The van der Waals surface area contributed by atoms with Crippen LogP contribution in [0.5, 0.6) is 0 Å². The SMILES string of the molecule is O=C(NC1(C(=O)O)CCOCC1)N1CCn2cnnc2C1. The summed E-state index contributed by atoms with van der Waals surface area (Å²) < 4.78 is 7.07. The lowest BCUT2D eigenvalue weighted by atomic mass is 9.90. The monoisotopic (exact) mass is 295 g/mol. The number of nitrogens with zero attached hydrogens (tertiary/aromatic N) is 4. The van der Waals surface area contributed by atoms with Crippen LogP contribution >= 0.6 is 0 Å². The number of urea groups is 1. The molecule has 3 rings (SSSR count). The van der Waals surface area contributed by atoms with Gasteiger partial charge in [0.25, 0.3) is 0 Å². The zero-order valence-electron chi connectivity index (χ0n) is 11.5. The summed E-state index contributed by atoms with van der Waals surface area (Å²) in [5, 5.41) is 19.9. The van der Waals surface area contributed by atoms with Crippen molar-refractivity contribution < 1.29 is 19.4 Å². The Balaban J connectivity index is 1.69. The molecule has 21 heavy (non-hydrogen) atoms. The molecule has 0 bridgehead atoms. The third-order valence-electron chi connectivity index (χ3n) is 4.03. The van der Waals surface area contributed by atoms with E-state index in [1.165, 1.54) is 0 Å². The van der Waals surface area contributed by atoms with Crippen LogP contribution in [0.15, 0.2) is 6.33 Å². The van der Waals surface area contributed by atoms with Crippen LogP contribution in [0.1, 0.15) is 18.7 Å². The van der Waals surface area contributed by atoms with E-state index in [1.807, 2.05) is 4.57 Å². The Morgan fingerprint density at radius 2 is 2.10 bits per heavy atom. The molecule has 114 valence electrons. The molecular formula is C12H17N5O4. The molecule has 2 aliphatic heterocycles. The first-order chi connectivity index (χ1) is 10.1. The average molecular weight is 295 g/mol. The number of carbonyl (C=O) groups is 2. The zero-order valence-corrected chi connectivity index (χ0v) is 11.5. The normalized spacial score (nSPS) is 20.7. The van der Waals surface area contributed by atoms with Crippen molar-refractivity contribution in [2.75, 3.05) is 19.8 Å². The van der Waals surface area contributed by atoms with Gasteiger partial charge >= 0.3 is 12.0 Å². The quantitative estimate of drug-likeness (QED) is 0.756. The van der Waals surface area contributed by atoms with Crippen molar-refractivity contribution in [2.24, 2.45) is 0 Å². The number of carbonyl (C=O) groups excluding carboxylic acids is 1. The first-order valence-corrected chi connectivity index (χ1v) is 6.86. The minimum absolute atomic E-state index is 0.276. The van der Waals surface area contributed by atoms with Crippen LogP contribution < -0.4 is 5.32 Å². The molecule has 2 aliphatic rings. The van der Waals surface area contributed by atoms with Gasteiger partial charge in [-0.15, -0.1) is 10.2 Å². The summed E-state index contributed by atoms with van der Waals surface area (Å²) in [7, 11) is 0. The Morgan fingerprint density at radius 1 is 1.33 bits per heavy atom. The number of hydrogen-bond acceptors (Lipinski definition) is 5. The van der Waals surface area contributed by atoms with Gasteiger partial charge in [0.2, 0.25) is 0 Å². The van der Waals surface area contributed by atoms with Gasteiger partial charge in [-0.05, 0) is 0 Å². The molecule has 0 spiro atoms. The smallest absolute Gasteiger partial charge is 0.329 e. The standard InChI is InChI=1S/C12H17N5O4/c18-10(19)12(1-5-21-6-2-12)14-11(20)16-3-4-17-8-13-15-9(17)7-16/h8H,1-7H2,(H,14,20)(H,18,19). The van der Waals surface area contributed by atoms with E-state index in [9.17, 15) is 14.7 Å². The van der Waals surface area contributed by atoms with Gasteiger partial charge in [-0.1, -0.05) is 0 Å². The summed E-state index contributed by atoms with van der Waals surface area (Å²) in [6.45, 7) is 2.11. The van der Waals surface area contributed by atoms with Crippen LogP contribution in [-0.4, -0.2) is 62.1 Å². The van der Waals surface area contributed by atoms with Gasteiger partial charge < -0.3 is 24.6 Å². The number of nitrogens with one attached hydrogen (secondary N) is 1. The van der Waals surface area contributed by atoms with Gasteiger partial charge in [-0.3, -0.25) is 0 Å². The van der Waals surface area contributed by atoms with Crippen LogP contribution in [0.25, 0.3) is 0 Å². The molecule has 1 fully saturated rings. The predicted molar refractivity (Wildman–Crippen MR) is 69.4 cm³/mol. The molecule has 3 heterocycles. The van der Waals surface area contributed by atoms with Crippen molar-refractivity contribution in [1.29, 1.82) is 0 Å². The first-order valence-electron chi connectivity index (χ1n) is 6.86. The summed E-state index contributed by atoms with van der Waals surface area (Å²) in [5.74, 6) is -0.313. The van der Waals surface area contributed by atoms with Crippen molar-refractivity contribution in [1.82, 2.24) is 25.0 Å². The maximum Gasteiger partial charge on any atom is 0.329 e. The Morgan fingerprint density at radius 3 is 2.81 bits per heavy atom. The van der Waals surface area contributed by atoms with E-state index >= 15 is 0 Å². The average Bonchev–Trinajstić information content (AvgIpc) is 2.95. The second-order valence-electron chi connectivity index (χ2n) is 5.29. The Hall–Kier alpha value is -2.16. The summed E-state index contributed by atoms with van der Waals surface area (Å²) in [6.07, 6.45) is 2.18. The molecule has 9 nitrogen and oxygen atoms in total. The molecule has 2 N–H and O–H groups in total. The highest BCUT2D eigenvalue weighted by molar-refractivity contribution is 5.86. The highest BCUT2D eigenvalue weighted by atomic mass is 16.5. The molecule has 0 aliphatic carbocycles. The minimum Gasteiger partial charge on any atom is -0.480 e. The number of hydrogen-bond donors (Lipinski definition) is 2. The number of fused-ring (bicyclic) bond motifs is 1. The summed E-state index contributed by atoms with van der Waals surface area (Å²) >= 11 is 0. The molecular weight excluding hydrogens is 278 g/mol. The largest absolute Gasteiger partial charge is 0.480 e. The van der Waals surface area contributed by atoms with Gasteiger partial charge in [-0.2, -0.15) is 0 Å². The fourth-order valence-electron chi connectivity index (χ4n) is 2.64. The fraction of sp³-hybridized carbons (Fsp3) is 0.667. The zero-order chi connectivity index (χ0) is 14.9. The van der Waals surface area contributed by atoms with Gasteiger partial charge in [0.15, 0.2) is 5.82 Å². The van der Waals surface area contributed by atoms with E-state index in [2.05, 4.69) is 15.5 Å². The van der Waals surface area contributed by atoms with Crippen molar-refractivity contribution in [3.05, 3.63) is 12.2 Å². The number of aromatic nitrogens is 3. The molecule has 9 heteroatoms. The summed E-state index contributed by atoms with van der Waals surface area (Å²) in [5.41, 5.74) is -1.24. The Kier molecular flexibility index (Phi) is 3.50. The molecule has 1 saturated heterocycles.